The Bertz CT molecular complexity index is 182. The molecule has 1 saturated carbocycles. The summed E-state index contributed by atoms with van der Waals surface area (Å²) in [6.45, 7) is 7.43. The highest BCUT2D eigenvalue weighted by atomic mass is 14.8. The molecular weight excluding hydrogens is 182 g/mol. The molecule has 1 heterocycles. The van der Waals surface area contributed by atoms with E-state index in [1.807, 2.05) is 0 Å². The second kappa shape index (κ2) is 5.34. The lowest BCUT2D eigenvalue weighted by atomic mass is 9.69. The van der Waals surface area contributed by atoms with Crippen LogP contribution >= 0.6 is 0 Å². The van der Waals surface area contributed by atoms with Gasteiger partial charge in [0.25, 0.3) is 0 Å². The molecule has 2 fully saturated rings. The summed E-state index contributed by atoms with van der Waals surface area (Å²) in [4.78, 5) is 0. The second-order valence-electron chi connectivity index (χ2n) is 5.97. The Balaban J connectivity index is 1.86. The largest absolute Gasteiger partial charge is 0.317 e. The number of hydrogen-bond acceptors (Lipinski definition) is 1. The molecule has 2 rings (SSSR count). The molecule has 1 saturated heterocycles. The van der Waals surface area contributed by atoms with Crippen LogP contribution in [0.3, 0.4) is 0 Å². The summed E-state index contributed by atoms with van der Waals surface area (Å²) in [6, 6.07) is 0. The minimum Gasteiger partial charge on any atom is -0.317 e. The van der Waals surface area contributed by atoms with Crippen molar-refractivity contribution in [3.05, 3.63) is 0 Å². The smallest absolute Gasteiger partial charge is 0.00462 e. The zero-order valence-corrected chi connectivity index (χ0v) is 10.5. The highest BCUT2D eigenvalue weighted by Gasteiger charge is 2.30. The van der Waals surface area contributed by atoms with Gasteiger partial charge < -0.3 is 5.32 Å². The molecule has 4 unspecified atom stereocenters. The molecule has 1 aliphatic carbocycles. The minimum atomic E-state index is 0.972. The van der Waals surface area contributed by atoms with Crippen LogP contribution in [-0.2, 0) is 0 Å². The van der Waals surface area contributed by atoms with Gasteiger partial charge in [0.1, 0.15) is 0 Å². The predicted octanol–water partition coefficient (Wildman–Crippen LogP) is 3.45. The van der Waals surface area contributed by atoms with Crippen LogP contribution in [0.25, 0.3) is 0 Å². The predicted molar refractivity (Wildman–Crippen MR) is 65.9 cm³/mol. The molecule has 4 atom stereocenters. The molecular formula is C14H27N. The first kappa shape index (κ1) is 11.4. The van der Waals surface area contributed by atoms with Crippen molar-refractivity contribution in [2.75, 3.05) is 13.1 Å². The zero-order valence-electron chi connectivity index (χ0n) is 10.5. The molecule has 0 aromatic carbocycles. The number of rotatable bonds is 1. The van der Waals surface area contributed by atoms with Gasteiger partial charge in [-0.25, -0.2) is 0 Å². The van der Waals surface area contributed by atoms with Crippen molar-refractivity contribution in [2.45, 2.75) is 52.4 Å². The van der Waals surface area contributed by atoms with Gasteiger partial charge in [-0.05, 0) is 68.9 Å². The van der Waals surface area contributed by atoms with Crippen molar-refractivity contribution in [3.8, 4) is 0 Å². The third-order valence-corrected chi connectivity index (χ3v) is 4.93. The van der Waals surface area contributed by atoms with E-state index in [9.17, 15) is 0 Å². The van der Waals surface area contributed by atoms with Crippen LogP contribution in [-0.4, -0.2) is 13.1 Å². The SMILES string of the molecule is CC1CCC(C2CCCNCC2)CC1C. The van der Waals surface area contributed by atoms with E-state index in [4.69, 9.17) is 0 Å². The first-order chi connectivity index (χ1) is 7.27. The van der Waals surface area contributed by atoms with Crippen molar-refractivity contribution in [1.29, 1.82) is 0 Å². The van der Waals surface area contributed by atoms with E-state index in [0.717, 1.165) is 23.7 Å². The molecule has 15 heavy (non-hydrogen) atoms. The highest BCUT2D eigenvalue weighted by molar-refractivity contribution is 4.81. The highest BCUT2D eigenvalue weighted by Crippen LogP contribution is 2.39. The van der Waals surface area contributed by atoms with E-state index >= 15 is 0 Å². The quantitative estimate of drug-likeness (QED) is 0.697. The summed E-state index contributed by atoms with van der Waals surface area (Å²) in [6.07, 6.45) is 8.83. The van der Waals surface area contributed by atoms with E-state index in [-0.39, 0.29) is 0 Å². The van der Waals surface area contributed by atoms with Crippen molar-refractivity contribution in [1.82, 2.24) is 5.32 Å². The van der Waals surface area contributed by atoms with Crippen LogP contribution in [0.2, 0.25) is 0 Å². The molecule has 0 aromatic heterocycles. The van der Waals surface area contributed by atoms with E-state index in [1.54, 1.807) is 0 Å². The summed E-state index contributed by atoms with van der Waals surface area (Å²) in [7, 11) is 0. The average molecular weight is 209 g/mol. The Labute approximate surface area is 95.0 Å². The fraction of sp³-hybridized carbons (Fsp3) is 1.00. The van der Waals surface area contributed by atoms with Gasteiger partial charge in [-0.1, -0.05) is 20.3 Å². The fourth-order valence-corrected chi connectivity index (χ4v) is 3.53. The van der Waals surface area contributed by atoms with E-state index < -0.39 is 0 Å². The molecule has 1 heteroatoms. The molecule has 0 aromatic rings. The van der Waals surface area contributed by atoms with Gasteiger partial charge in [-0.3, -0.25) is 0 Å². The summed E-state index contributed by atoms with van der Waals surface area (Å²) in [5, 5.41) is 3.54. The molecule has 0 amide bonds. The summed E-state index contributed by atoms with van der Waals surface area (Å²) in [5.41, 5.74) is 0. The van der Waals surface area contributed by atoms with Crippen molar-refractivity contribution < 1.29 is 0 Å². The lowest BCUT2D eigenvalue weighted by molar-refractivity contribution is 0.148. The topological polar surface area (TPSA) is 12.0 Å². The van der Waals surface area contributed by atoms with Crippen molar-refractivity contribution in [2.24, 2.45) is 23.7 Å². The van der Waals surface area contributed by atoms with Gasteiger partial charge in [0.15, 0.2) is 0 Å². The van der Waals surface area contributed by atoms with Crippen LogP contribution < -0.4 is 5.32 Å². The van der Waals surface area contributed by atoms with Crippen LogP contribution in [0.5, 0.6) is 0 Å². The summed E-state index contributed by atoms with van der Waals surface area (Å²) < 4.78 is 0. The fourth-order valence-electron chi connectivity index (χ4n) is 3.53. The van der Waals surface area contributed by atoms with Crippen LogP contribution in [0.1, 0.15) is 52.4 Å². The standard InChI is InChI=1S/C14H27N/c1-11-5-6-14(10-12(11)2)13-4-3-8-15-9-7-13/h11-15H,3-10H2,1-2H3. The van der Waals surface area contributed by atoms with Crippen LogP contribution in [0.15, 0.2) is 0 Å². The molecule has 0 spiro atoms. The van der Waals surface area contributed by atoms with Crippen molar-refractivity contribution in [3.63, 3.8) is 0 Å². The van der Waals surface area contributed by atoms with Crippen molar-refractivity contribution >= 4 is 0 Å². The Hall–Kier alpha value is -0.0400. The molecule has 1 N–H and O–H groups in total. The Morgan fingerprint density at radius 2 is 1.67 bits per heavy atom. The number of hydrogen-bond donors (Lipinski definition) is 1. The maximum atomic E-state index is 3.54. The van der Waals surface area contributed by atoms with E-state index in [0.29, 0.717) is 0 Å². The van der Waals surface area contributed by atoms with E-state index in [1.165, 1.54) is 51.6 Å². The molecule has 2 aliphatic rings. The van der Waals surface area contributed by atoms with Gasteiger partial charge in [-0.15, -0.1) is 0 Å². The van der Waals surface area contributed by atoms with Gasteiger partial charge in [0.2, 0.25) is 0 Å². The molecule has 0 bridgehead atoms. The molecule has 1 nitrogen and oxygen atoms in total. The maximum absolute atomic E-state index is 3.54. The van der Waals surface area contributed by atoms with Crippen LogP contribution in [0, 0.1) is 23.7 Å². The van der Waals surface area contributed by atoms with Gasteiger partial charge in [0, 0.05) is 0 Å². The van der Waals surface area contributed by atoms with Crippen LogP contribution in [0.4, 0.5) is 0 Å². The monoisotopic (exact) mass is 209 g/mol. The second-order valence-corrected chi connectivity index (χ2v) is 5.97. The number of nitrogens with one attached hydrogen (secondary N) is 1. The lowest BCUT2D eigenvalue weighted by Crippen LogP contribution is -2.26. The first-order valence-electron chi connectivity index (χ1n) is 6.98. The maximum Gasteiger partial charge on any atom is -0.00462 e. The lowest BCUT2D eigenvalue weighted by Gasteiger charge is -2.36. The Kier molecular flexibility index (Phi) is 4.07. The zero-order chi connectivity index (χ0) is 10.7. The summed E-state index contributed by atoms with van der Waals surface area (Å²) in [5.74, 6) is 4.04. The summed E-state index contributed by atoms with van der Waals surface area (Å²) >= 11 is 0. The van der Waals surface area contributed by atoms with Gasteiger partial charge >= 0.3 is 0 Å². The molecule has 1 aliphatic heterocycles. The van der Waals surface area contributed by atoms with E-state index in [2.05, 4.69) is 19.2 Å². The Morgan fingerprint density at radius 1 is 0.800 bits per heavy atom. The molecule has 0 radical (unpaired) electrons. The average Bonchev–Trinajstić information content (AvgIpc) is 2.50. The minimum absolute atomic E-state index is 0.972. The third kappa shape index (κ3) is 2.96. The van der Waals surface area contributed by atoms with Gasteiger partial charge in [-0.2, -0.15) is 0 Å². The third-order valence-electron chi connectivity index (χ3n) is 4.93. The van der Waals surface area contributed by atoms with Gasteiger partial charge in [0.05, 0.1) is 0 Å². The Morgan fingerprint density at radius 3 is 2.47 bits per heavy atom. The molecule has 88 valence electrons. The first-order valence-corrected chi connectivity index (χ1v) is 6.98. The normalized spacial score (nSPS) is 43.6.